The monoisotopic (exact) mass is 229 g/mol. The van der Waals surface area contributed by atoms with Crippen LogP contribution in [0.5, 0.6) is 5.88 Å². The van der Waals surface area contributed by atoms with Crippen molar-refractivity contribution in [2.24, 2.45) is 0 Å². The Bertz CT molecular complexity index is 273. The lowest BCUT2D eigenvalue weighted by Gasteiger charge is -2.08. The lowest BCUT2D eigenvalue weighted by molar-refractivity contribution is 0.395. The molecule has 0 bridgehead atoms. The standard InChI is InChI=1S/C9H12BrNO/c1-6(2)9-7(10)4-5-8(11-9)12-3/h4-6H,1-3H3. The van der Waals surface area contributed by atoms with E-state index >= 15 is 0 Å². The van der Waals surface area contributed by atoms with E-state index in [0.29, 0.717) is 11.8 Å². The minimum absolute atomic E-state index is 0.412. The summed E-state index contributed by atoms with van der Waals surface area (Å²) in [6.45, 7) is 4.21. The highest BCUT2D eigenvalue weighted by molar-refractivity contribution is 9.10. The molecule has 2 nitrogen and oxygen atoms in total. The van der Waals surface area contributed by atoms with Crippen molar-refractivity contribution in [2.75, 3.05) is 7.11 Å². The van der Waals surface area contributed by atoms with Gasteiger partial charge in [0.15, 0.2) is 0 Å². The second kappa shape index (κ2) is 3.90. The van der Waals surface area contributed by atoms with E-state index in [1.54, 1.807) is 7.11 Å². The van der Waals surface area contributed by atoms with Gasteiger partial charge in [0.2, 0.25) is 5.88 Å². The second-order valence-electron chi connectivity index (χ2n) is 2.88. The molecule has 66 valence electrons. The molecule has 0 fully saturated rings. The van der Waals surface area contributed by atoms with Crippen molar-refractivity contribution in [1.82, 2.24) is 4.98 Å². The summed E-state index contributed by atoms with van der Waals surface area (Å²) in [5.41, 5.74) is 1.04. The zero-order valence-electron chi connectivity index (χ0n) is 7.47. The Balaban J connectivity index is 3.08. The molecule has 3 heteroatoms. The van der Waals surface area contributed by atoms with Crippen LogP contribution in [0.3, 0.4) is 0 Å². The van der Waals surface area contributed by atoms with Crippen LogP contribution in [0.4, 0.5) is 0 Å². The first-order chi connectivity index (χ1) is 5.65. The third-order valence-corrected chi connectivity index (χ3v) is 2.27. The largest absolute Gasteiger partial charge is 0.481 e. The van der Waals surface area contributed by atoms with E-state index in [4.69, 9.17) is 4.74 Å². The highest BCUT2D eigenvalue weighted by Crippen LogP contribution is 2.24. The van der Waals surface area contributed by atoms with Gasteiger partial charge < -0.3 is 4.74 Å². The fourth-order valence-corrected chi connectivity index (χ4v) is 1.64. The highest BCUT2D eigenvalue weighted by atomic mass is 79.9. The van der Waals surface area contributed by atoms with Crippen LogP contribution in [0.25, 0.3) is 0 Å². The van der Waals surface area contributed by atoms with Crippen LogP contribution in [0, 0.1) is 0 Å². The summed E-state index contributed by atoms with van der Waals surface area (Å²) < 4.78 is 6.07. The van der Waals surface area contributed by atoms with E-state index in [1.807, 2.05) is 12.1 Å². The van der Waals surface area contributed by atoms with Gasteiger partial charge in [-0.25, -0.2) is 4.98 Å². The van der Waals surface area contributed by atoms with Gasteiger partial charge in [-0.05, 0) is 27.9 Å². The van der Waals surface area contributed by atoms with E-state index < -0.39 is 0 Å². The van der Waals surface area contributed by atoms with Gasteiger partial charge in [0.25, 0.3) is 0 Å². The number of halogens is 1. The Morgan fingerprint density at radius 3 is 2.58 bits per heavy atom. The first kappa shape index (κ1) is 9.52. The Morgan fingerprint density at radius 2 is 2.08 bits per heavy atom. The summed E-state index contributed by atoms with van der Waals surface area (Å²) in [5, 5.41) is 0. The molecule has 1 rings (SSSR count). The SMILES string of the molecule is COc1ccc(Br)c(C(C)C)n1. The second-order valence-corrected chi connectivity index (χ2v) is 3.73. The number of rotatable bonds is 2. The first-order valence-corrected chi connectivity index (χ1v) is 4.65. The molecule has 1 aromatic heterocycles. The molecule has 1 aromatic rings. The van der Waals surface area contributed by atoms with Crippen LogP contribution in [0.15, 0.2) is 16.6 Å². The molecular formula is C9H12BrNO. The topological polar surface area (TPSA) is 22.1 Å². The fourth-order valence-electron chi connectivity index (χ4n) is 0.958. The van der Waals surface area contributed by atoms with Crippen molar-refractivity contribution in [2.45, 2.75) is 19.8 Å². The first-order valence-electron chi connectivity index (χ1n) is 3.85. The van der Waals surface area contributed by atoms with Crippen molar-refractivity contribution in [1.29, 1.82) is 0 Å². The maximum absolute atomic E-state index is 5.03. The number of pyridine rings is 1. The average Bonchev–Trinajstić information content (AvgIpc) is 2.05. The maximum atomic E-state index is 5.03. The molecule has 0 spiro atoms. The van der Waals surface area contributed by atoms with E-state index in [1.165, 1.54) is 0 Å². The van der Waals surface area contributed by atoms with Crippen LogP contribution in [-0.4, -0.2) is 12.1 Å². The average molecular weight is 230 g/mol. The van der Waals surface area contributed by atoms with Gasteiger partial charge in [-0.15, -0.1) is 0 Å². The van der Waals surface area contributed by atoms with Crippen LogP contribution in [-0.2, 0) is 0 Å². The summed E-state index contributed by atoms with van der Waals surface area (Å²) >= 11 is 3.44. The normalized spacial score (nSPS) is 10.4. The van der Waals surface area contributed by atoms with E-state index in [0.717, 1.165) is 10.2 Å². The quantitative estimate of drug-likeness (QED) is 0.779. The number of methoxy groups -OCH3 is 1. The summed E-state index contributed by atoms with van der Waals surface area (Å²) in [5.74, 6) is 1.08. The smallest absolute Gasteiger partial charge is 0.213 e. The van der Waals surface area contributed by atoms with E-state index in [-0.39, 0.29) is 0 Å². The highest BCUT2D eigenvalue weighted by Gasteiger charge is 2.07. The third-order valence-electron chi connectivity index (χ3n) is 1.60. The fraction of sp³-hybridized carbons (Fsp3) is 0.444. The van der Waals surface area contributed by atoms with E-state index in [2.05, 4.69) is 34.8 Å². The molecule has 0 aliphatic carbocycles. The van der Waals surface area contributed by atoms with Gasteiger partial charge in [0, 0.05) is 10.5 Å². The zero-order valence-corrected chi connectivity index (χ0v) is 9.05. The van der Waals surface area contributed by atoms with Gasteiger partial charge in [0.05, 0.1) is 12.8 Å². The molecule has 0 saturated heterocycles. The number of hydrogen-bond donors (Lipinski definition) is 0. The Kier molecular flexibility index (Phi) is 3.09. The van der Waals surface area contributed by atoms with Crippen molar-refractivity contribution in [3.63, 3.8) is 0 Å². The predicted octanol–water partition coefficient (Wildman–Crippen LogP) is 2.98. The van der Waals surface area contributed by atoms with Gasteiger partial charge in [0.1, 0.15) is 0 Å². The molecule has 0 atom stereocenters. The van der Waals surface area contributed by atoms with Gasteiger partial charge in [-0.1, -0.05) is 13.8 Å². The summed E-state index contributed by atoms with van der Waals surface area (Å²) in [7, 11) is 1.63. The van der Waals surface area contributed by atoms with Crippen LogP contribution in [0.1, 0.15) is 25.5 Å². The van der Waals surface area contributed by atoms with Crippen molar-refractivity contribution in [3.05, 3.63) is 22.3 Å². The molecule has 0 amide bonds. The molecule has 0 saturated carbocycles. The minimum Gasteiger partial charge on any atom is -0.481 e. The molecule has 0 radical (unpaired) electrons. The van der Waals surface area contributed by atoms with Crippen LogP contribution >= 0.6 is 15.9 Å². The van der Waals surface area contributed by atoms with Gasteiger partial charge >= 0.3 is 0 Å². The zero-order chi connectivity index (χ0) is 9.14. The lowest BCUT2D eigenvalue weighted by Crippen LogP contribution is -1.96. The molecule has 12 heavy (non-hydrogen) atoms. The van der Waals surface area contributed by atoms with E-state index in [9.17, 15) is 0 Å². The third kappa shape index (κ3) is 1.97. The van der Waals surface area contributed by atoms with Crippen LogP contribution < -0.4 is 4.74 Å². The molecule has 0 aliphatic heterocycles. The predicted molar refractivity (Wildman–Crippen MR) is 52.6 cm³/mol. The molecule has 0 unspecified atom stereocenters. The number of nitrogens with zero attached hydrogens (tertiary/aromatic N) is 1. The Labute approximate surface area is 81.1 Å². The minimum atomic E-state index is 0.412. The molecule has 0 aromatic carbocycles. The summed E-state index contributed by atoms with van der Waals surface area (Å²) in [6, 6.07) is 3.80. The maximum Gasteiger partial charge on any atom is 0.213 e. The van der Waals surface area contributed by atoms with Crippen molar-refractivity contribution >= 4 is 15.9 Å². The molecule has 0 N–H and O–H groups in total. The number of ether oxygens (including phenoxy) is 1. The van der Waals surface area contributed by atoms with Crippen LogP contribution in [0.2, 0.25) is 0 Å². The van der Waals surface area contributed by atoms with Crippen molar-refractivity contribution in [3.8, 4) is 5.88 Å². The molecule has 1 heterocycles. The summed E-state index contributed by atoms with van der Waals surface area (Å²) in [4.78, 5) is 4.32. The lowest BCUT2D eigenvalue weighted by atomic mass is 10.1. The van der Waals surface area contributed by atoms with Gasteiger partial charge in [-0.2, -0.15) is 0 Å². The number of hydrogen-bond acceptors (Lipinski definition) is 2. The van der Waals surface area contributed by atoms with Crippen molar-refractivity contribution < 1.29 is 4.74 Å². The number of aromatic nitrogens is 1. The Hall–Kier alpha value is -0.570. The molecular weight excluding hydrogens is 218 g/mol. The Morgan fingerprint density at radius 1 is 1.42 bits per heavy atom. The summed E-state index contributed by atoms with van der Waals surface area (Å²) in [6.07, 6.45) is 0. The van der Waals surface area contributed by atoms with Gasteiger partial charge in [-0.3, -0.25) is 0 Å². The molecule has 0 aliphatic rings.